The lowest BCUT2D eigenvalue weighted by Gasteiger charge is -2.12. The Morgan fingerprint density at radius 3 is 1.61 bits per heavy atom. The molecule has 5 heterocycles. The Morgan fingerprint density at radius 2 is 0.915 bits per heavy atom. The number of imidazole rings is 1. The predicted octanol–water partition coefficient (Wildman–Crippen LogP) is 13.9. The summed E-state index contributed by atoms with van der Waals surface area (Å²) in [6.07, 6.45) is 4.08. The minimum absolute atomic E-state index is 0.671. The highest BCUT2D eigenvalue weighted by atomic mass is 32.1. The van der Waals surface area contributed by atoms with Crippen LogP contribution in [0.4, 0.5) is 0 Å². The zero-order valence-electron chi connectivity index (χ0n) is 31.7. The summed E-state index contributed by atoms with van der Waals surface area (Å²) in [6, 6.07) is 66.8. The van der Waals surface area contributed by atoms with Crippen LogP contribution in [0.2, 0.25) is 0 Å². The van der Waals surface area contributed by atoms with Gasteiger partial charge < -0.3 is 8.97 Å². The quantitative estimate of drug-likeness (QED) is 0.169. The van der Waals surface area contributed by atoms with E-state index in [1.54, 1.807) is 0 Å². The molecule has 5 nitrogen and oxygen atoms in total. The molecule has 0 aliphatic heterocycles. The van der Waals surface area contributed by atoms with Crippen molar-refractivity contribution in [3.8, 4) is 62.0 Å². The van der Waals surface area contributed by atoms with Crippen LogP contribution < -0.4 is 0 Å². The molecule has 276 valence electrons. The van der Waals surface area contributed by atoms with Crippen LogP contribution in [0.3, 0.4) is 0 Å². The van der Waals surface area contributed by atoms with Crippen molar-refractivity contribution >= 4 is 59.0 Å². The van der Waals surface area contributed by atoms with Gasteiger partial charge in [0.05, 0.1) is 28.1 Å². The first-order valence-corrected chi connectivity index (χ1v) is 20.6. The van der Waals surface area contributed by atoms with E-state index in [1.807, 2.05) is 40.1 Å². The molecule has 0 amide bonds. The molecule has 0 unspecified atom stereocenters. The van der Waals surface area contributed by atoms with E-state index in [0.29, 0.717) is 5.82 Å². The molecule has 0 saturated carbocycles. The topological polar surface area (TPSA) is 48.0 Å². The molecule has 0 spiro atoms. The Kier molecular flexibility index (Phi) is 7.64. The van der Waals surface area contributed by atoms with Gasteiger partial charge in [-0.2, -0.15) is 0 Å². The molecule has 0 aliphatic rings. The molecule has 7 aromatic carbocycles. The Bertz CT molecular complexity index is 3450. The first-order valence-electron chi connectivity index (χ1n) is 19.7. The maximum absolute atomic E-state index is 5.21. The molecule has 0 saturated heterocycles. The maximum atomic E-state index is 5.21. The molecular formula is C53H33N5S. The normalized spacial score (nSPS) is 11.7. The van der Waals surface area contributed by atoms with Gasteiger partial charge in [-0.1, -0.05) is 127 Å². The van der Waals surface area contributed by atoms with Crippen molar-refractivity contribution in [3.05, 3.63) is 200 Å². The Hall–Kier alpha value is -7.67. The standard InChI is InChI=1S/C53H33N5S/c1-4-12-48-41(9-1)42-10-2-5-13-49(42)58(48)40-27-24-36(25-28-40)46-32-45(55-53(56-46)38-22-20-37(21-23-38)47-33-57-30-8-7-15-52(57)54-47)35-18-16-34(17-19-35)39-26-29-51-44(31-39)43-11-3-6-14-50(43)59-51/h1-33H. The van der Waals surface area contributed by atoms with Crippen LogP contribution in [0.25, 0.3) is 110 Å². The summed E-state index contributed by atoms with van der Waals surface area (Å²) in [5, 5.41) is 5.10. The van der Waals surface area contributed by atoms with Gasteiger partial charge in [-0.3, -0.25) is 0 Å². The van der Waals surface area contributed by atoms with Gasteiger partial charge in [0.2, 0.25) is 0 Å². The largest absolute Gasteiger partial charge is 0.309 e. The van der Waals surface area contributed by atoms with Gasteiger partial charge in [0.15, 0.2) is 5.82 Å². The second-order valence-electron chi connectivity index (χ2n) is 14.9. The van der Waals surface area contributed by atoms with Crippen molar-refractivity contribution in [2.75, 3.05) is 0 Å². The number of hydrogen-bond donors (Lipinski definition) is 0. The number of nitrogens with zero attached hydrogens (tertiary/aromatic N) is 5. The molecule has 0 fully saturated rings. The fourth-order valence-electron chi connectivity index (χ4n) is 8.46. The van der Waals surface area contributed by atoms with Crippen molar-refractivity contribution in [1.29, 1.82) is 0 Å². The highest BCUT2D eigenvalue weighted by Gasteiger charge is 2.15. The van der Waals surface area contributed by atoms with Gasteiger partial charge in [0.1, 0.15) is 5.65 Å². The molecular weight excluding hydrogens is 739 g/mol. The van der Waals surface area contributed by atoms with E-state index >= 15 is 0 Å². The smallest absolute Gasteiger partial charge is 0.160 e. The van der Waals surface area contributed by atoms with Crippen LogP contribution in [-0.4, -0.2) is 23.9 Å². The molecule has 0 aliphatic carbocycles. The van der Waals surface area contributed by atoms with Gasteiger partial charge in [0, 0.05) is 71.3 Å². The van der Waals surface area contributed by atoms with E-state index in [9.17, 15) is 0 Å². The number of pyridine rings is 1. The van der Waals surface area contributed by atoms with Crippen molar-refractivity contribution in [2.24, 2.45) is 0 Å². The van der Waals surface area contributed by atoms with Crippen LogP contribution in [-0.2, 0) is 0 Å². The SMILES string of the molecule is c1ccc2c(c1)sc1ccc(-c3ccc(-c4cc(-c5ccc(-n6c7ccccc7c7ccccc76)cc5)nc(-c5ccc(-c6cn7ccccc7n6)cc5)n4)cc3)cc12. The summed E-state index contributed by atoms with van der Waals surface area (Å²) < 4.78 is 7.01. The number of aromatic nitrogens is 5. The van der Waals surface area contributed by atoms with Gasteiger partial charge in [-0.05, 0) is 71.8 Å². The summed E-state index contributed by atoms with van der Waals surface area (Å²) in [6.45, 7) is 0. The lowest BCUT2D eigenvalue weighted by Crippen LogP contribution is -1.97. The fourth-order valence-corrected chi connectivity index (χ4v) is 9.54. The fraction of sp³-hybridized carbons (Fsp3) is 0. The Morgan fingerprint density at radius 1 is 0.373 bits per heavy atom. The minimum atomic E-state index is 0.671. The molecule has 0 bridgehead atoms. The Labute approximate surface area is 343 Å². The lowest BCUT2D eigenvalue weighted by molar-refractivity contribution is 1.17. The number of rotatable bonds is 6. The van der Waals surface area contributed by atoms with Crippen molar-refractivity contribution in [3.63, 3.8) is 0 Å². The molecule has 0 atom stereocenters. The molecule has 0 radical (unpaired) electrons. The monoisotopic (exact) mass is 771 g/mol. The van der Waals surface area contributed by atoms with Gasteiger partial charge >= 0.3 is 0 Å². The molecule has 12 aromatic rings. The summed E-state index contributed by atoms with van der Waals surface area (Å²) in [7, 11) is 0. The molecule has 12 rings (SSSR count). The van der Waals surface area contributed by atoms with Crippen LogP contribution in [0.1, 0.15) is 0 Å². The minimum Gasteiger partial charge on any atom is -0.309 e. The van der Waals surface area contributed by atoms with Crippen LogP contribution in [0.15, 0.2) is 200 Å². The summed E-state index contributed by atoms with van der Waals surface area (Å²) in [5.74, 6) is 0.671. The summed E-state index contributed by atoms with van der Waals surface area (Å²) in [5.41, 5.74) is 13.5. The van der Waals surface area contributed by atoms with E-state index in [0.717, 1.165) is 50.7 Å². The second kappa shape index (κ2) is 13.5. The van der Waals surface area contributed by atoms with E-state index in [-0.39, 0.29) is 0 Å². The van der Waals surface area contributed by atoms with Crippen LogP contribution >= 0.6 is 11.3 Å². The highest BCUT2D eigenvalue weighted by Crippen LogP contribution is 2.38. The third-order valence-electron chi connectivity index (χ3n) is 11.4. The van der Waals surface area contributed by atoms with E-state index in [4.69, 9.17) is 15.0 Å². The first kappa shape index (κ1) is 33.5. The number of para-hydroxylation sites is 2. The zero-order valence-corrected chi connectivity index (χ0v) is 32.5. The van der Waals surface area contributed by atoms with Crippen LogP contribution in [0, 0.1) is 0 Å². The molecule has 5 aromatic heterocycles. The van der Waals surface area contributed by atoms with Crippen molar-refractivity contribution in [1.82, 2.24) is 23.9 Å². The maximum Gasteiger partial charge on any atom is 0.160 e. The predicted molar refractivity (Wildman–Crippen MR) is 245 cm³/mol. The Balaban J connectivity index is 0.940. The van der Waals surface area contributed by atoms with E-state index in [1.165, 1.54) is 53.1 Å². The first-order chi connectivity index (χ1) is 29.2. The summed E-state index contributed by atoms with van der Waals surface area (Å²) >= 11 is 1.85. The van der Waals surface area contributed by atoms with Gasteiger partial charge in [0.25, 0.3) is 0 Å². The summed E-state index contributed by atoms with van der Waals surface area (Å²) in [4.78, 5) is 15.2. The van der Waals surface area contributed by atoms with Crippen LogP contribution in [0.5, 0.6) is 0 Å². The number of thiophene rings is 1. The van der Waals surface area contributed by atoms with E-state index < -0.39 is 0 Å². The third-order valence-corrected chi connectivity index (χ3v) is 12.6. The van der Waals surface area contributed by atoms with Gasteiger partial charge in [-0.25, -0.2) is 15.0 Å². The average Bonchev–Trinajstić information content (AvgIpc) is 4.01. The van der Waals surface area contributed by atoms with Crippen molar-refractivity contribution in [2.45, 2.75) is 0 Å². The van der Waals surface area contributed by atoms with Crippen molar-refractivity contribution < 1.29 is 0 Å². The lowest BCUT2D eigenvalue weighted by atomic mass is 10.00. The molecule has 0 N–H and O–H groups in total. The number of benzene rings is 7. The molecule has 59 heavy (non-hydrogen) atoms. The molecule has 6 heteroatoms. The van der Waals surface area contributed by atoms with Gasteiger partial charge in [-0.15, -0.1) is 11.3 Å². The average molecular weight is 772 g/mol. The highest BCUT2D eigenvalue weighted by molar-refractivity contribution is 7.25. The second-order valence-corrected chi connectivity index (χ2v) is 16.0. The number of hydrogen-bond acceptors (Lipinski definition) is 4. The zero-order chi connectivity index (χ0) is 38.9. The third kappa shape index (κ3) is 5.72. The number of fused-ring (bicyclic) bond motifs is 7. The van der Waals surface area contributed by atoms with E-state index in [2.05, 4.69) is 181 Å².